The minimum Gasteiger partial charge on any atom is -0.490 e. The summed E-state index contributed by atoms with van der Waals surface area (Å²) in [5, 5.41) is 6.72. The molecule has 0 unspecified atom stereocenters. The van der Waals surface area contributed by atoms with E-state index < -0.39 is 0 Å². The van der Waals surface area contributed by atoms with Gasteiger partial charge in [0.25, 0.3) is 11.8 Å². The van der Waals surface area contributed by atoms with Crippen molar-refractivity contribution < 1.29 is 23.5 Å². The van der Waals surface area contributed by atoms with Gasteiger partial charge in [-0.15, -0.1) is 0 Å². The highest BCUT2D eigenvalue weighted by Crippen LogP contribution is 2.39. The fourth-order valence-corrected chi connectivity index (χ4v) is 2.90. The van der Waals surface area contributed by atoms with Crippen molar-refractivity contribution in [1.29, 1.82) is 0 Å². The third-order valence-electron chi connectivity index (χ3n) is 4.10. The second-order valence-electron chi connectivity index (χ2n) is 6.25. The molecule has 8 heteroatoms. The number of rotatable bonds is 9. The number of aromatic nitrogens is 2. The van der Waals surface area contributed by atoms with Crippen LogP contribution in [0.15, 0.2) is 40.9 Å². The van der Waals surface area contributed by atoms with Gasteiger partial charge in [0.1, 0.15) is 0 Å². The number of amides is 1. The van der Waals surface area contributed by atoms with Crippen LogP contribution in [-0.2, 0) is 0 Å². The van der Waals surface area contributed by atoms with Crippen LogP contribution >= 0.6 is 0 Å². The number of nitrogens with zero attached hydrogens (tertiary/aromatic N) is 2. The molecule has 0 aliphatic heterocycles. The Hall–Kier alpha value is -3.55. The smallest absolute Gasteiger partial charge is 0.260 e. The van der Waals surface area contributed by atoms with Gasteiger partial charge in [-0.05, 0) is 52.0 Å². The molecule has 0 aliphatic carbocycles. The summed E-state index contributed by atoms with van der Waals surface area (Å²) in [5.74, 6) is 1.91. The molecular formula is C22H25N3O5. The molecule has 0 saturated carbocycles. The number of para-hydroxylation sites is 1. The lowest BCUT2D eigenvalue weighted by Crippen LogP contribution is -2.14. The van der Waals surface area contributed by atoms with Crippen molar-refractivity contribution in [2.75, 3.05) is 25.1 Å². The van der Waals surface area contributed by atoms with E-state index in [1.165, 1.54) is 0 Å². The van der Waals surface area contributed by atoms with Crippen molar-refractivity contribution in [3.05, 3.63) is 47.8 Å². The maximum absolute atomic E-state index is 13.1. The monoisotopic (exact) mass is 411 g/mol. The van der Waals surface area contributed by atoms with Gasteiger partial charge in [0.05, 0.1) is 31.1 Å². The Balaban J connectivity index is 1.96. The van der Waals surface area contributed by atoms with E-state index in [0.29, 0.717) is 65.6 Å². The number of benzene rings is 2. The van der Waals surface area contributed by atoms with Gasteiger partial charge in [0.15, 0.2) is 17.3 Å². The standard InChI is InChI=1S/C22H25N3O5/c1-5-27-18-12-15(13-19(28-6-2)20(18)29-7-3)21(26)24-17-11-9-8-10-16(17)22-23-14(4)25-30-22/h8-13H,5-7H2,1-4H3,(H,24,26). The van der Waals surface area contributed by atoms with Crippen LogP contribution in [0.1, 0.15) is 37.0 Å². The van der Waals surface area contributed by atoms with Crippen molar-refractivity contribution in [3.63, 3.8) is 0 Å². The summed E-state index contributed by atoms with van der Waals surface area (Å²) in [5.41, 5.74) is 1.56. The minimum atomic E-state index is -0.330. The van der Waals surface area contributed by atoms with Gasteiger partial charge >= 0.3 is 0 Å². The quantitative estimate of drug-likeness (QED) is 0.554. The minimum absolute atomic E-state index is 0.330. The summed E-state index contributed by atoms with van der Waals surface area (Å²) in [6.07, 6.45) is 0. The molecule has 1 heterocycles. The molecule has 1 N–H and O–H groups in total. The number of aryl methyl sites for hydroxylation is 1. The molecule has 0 fully saturated rings. The van der Waals surface area contributed by atoms with Crippen LogP contribution in [-0.4, -0.2) is 35.9 Å². The SMILES string of the molecule is CCOc1cc(C(=O)Nc2ccccc2-c2nc(C)no2)cc(OCC)c1OCC. The molecule has 0 radical (unpaired) electrons. The van der Waals surface area contributed by atoms with E-state index in [4.69, 9.17) is 18.7 Å². The molecule has 2 aromatic carbocycles. The maximum Gasteiger partial charge on any atom is 0.260 e. The summed E-state index contributed by atoms with van der Waals surface area (Å²) in [7, 11) is 0. The Morgan fingerprint density at radius 1 is 1.00 bits per heavy atom. The lowest BCUT2D eigenvalue weighted by molar-refractivity contribution is 0.102. The van der Waals surface area contributed by atoms with Crippen molar-refractivity contribution >= 4 is 11.6 Å². The summed E-state index contributed by atoms with van der Waals surface area (Å²) in [6, 6.07) is 10.5. The Kier molecular flexibility index (Phi) is 6.90. The van der Waals surface area contributed by atoms with Crippen LogP contribution in [0.4, 0.5) is 5.69 Å². The number of carbonyl (C=O) groups is 1. The summed E-state index contributed by atoms with van der Waals surface area (Å²) < 4.78 is 22.3. The molecule has 1 aromatic heterocycles. The molecule has 0 aliphatic rings. The highest BCUT2D eigenvalue weighted by molar-refractivity contribution is 6.06. The second-order valence-corrected chi connectivity index (χ2v) is 6.25. The zero-order valence-corrected chi connectivity index (χ0v) is 17.5. The zero-order chi connectivity index (χ0) is 21.5. The largest absolute Gasteiger partial charge is 0.490 e. The number of hydrogen-bond acceptors (Lipinski definition) is 7. The second kappa shape index (κ2) is 9.78. The van der Waals surface area contributed by atoms with E-state index in [1.807, 2.05) is 32.9 Å². The van der Waals surface area contributed by atoms with Gasteiger partial charge in [0, 0.05) is 5.56 Å². The van der Waals surface area contributed by atoms with Gasteiger partial charge in [-0.25, -0.2) is 0 Å². The highest BCUT2D eigenvalue weighted by atomic mass is 16.5. The first-order chi connectivity index (χ1) is 14.6. The van der Waals surface area contributed by atoms with E-state index in [2.05, 4.69) is 15.5 Å². The lowest BCUT2D eigenvalue weighted by Gasteiger charge is -2.17. The average Bonchev–Trinajstić information content (AvgIpc) is 3.17. The van der Waals surface area contributed by atoms with E-state index in [-0.39, 0.29) is 5.91 Å². The molecule has 0 atom stereocenters. The first-order valence-electron chi connectivity index (χ1n) is 9.84. The number of anilines is 1. The Morgan fingerprint density at radius 2 is 1.63 bits per heavy atom. The molecule has 3 rings (SSSR count). The Bertz CT molecular complexity index is 989. The first kappa shape index (κ1) is 21.2. The molecule has 0 saturated heterocycles. The summed E-state index contributed by atoms with van der Waals surface area (Å²) >= 11 is 0. The van der Waals surface area contributed by atoms with Gasteiger partial charge in [-0.3, -0.25) is 4.79 Å². The zero-order valence-electron chi connectivity index (χ0n) is 17.5. The van der Waals surface area contributed by atoms with E-state index in [1.54, 1.807) is 31.2 Å². The van der Waals surface area contributed by atoms with Gasteiger partial charge in [-0.2, -0.15) is 4.98 Å². The topological polar surface area (TPSA) is 95.7 Å². The van der Waals surface area contributed by atoms with Crippen LogP contribution in [0, 0.1) is 6.92 Å². The van der Waals surface area contributed by atoms with Gasteiger partial charge in [0.2, 0.25) is 5.75 Å². The summed E-state index contributed by atoms with van der Waals surface area (Å²) in [6.45, 7) is 8.65. The van der Waals surface area contributed by atoms with E-state index in [0.717, 1.165) is 0 Å². The van der Waals surface area contributed by atoms with Crippen molar-refractivity contribution in [2.24, 2.45) is 0 Å². The molecule has 3 aromatic rings. The lowest BCUT2D eigenvalue weighted by atomic mass is 10.1. The molecule has 0 spiro atoms. The van der Waals surface area contributed by atoms with Gasteiger partial charge in [-0.1, -0.05) is 17.3 Å². The molecule has 30 heavy (non-hydrogen) atoms. The highest BCUT2D eigenvalue weighted by Gasteiger charge is 2.20. The fourth-order valence-electron chi connectivity index (χ4n) is 2.90. The molecule has 8 nitrogen and oxygen atoms in total. The number of hydrogen-bond donors (Lipinski definition) is 1. The number of ether oxygens (including phenoxy) is 3. The van der Waals surface area contributed by atoms with E-state index >= 15 is 0 Å². The molecule has 1 amide bonds. The predicted molar refractivity (Wildman–Crippen MR) is 112 cm³/mol. The average molecular weight is 411 g/mol. The summed E-state index contributed by atoms with van der Waals surface area (Å²) in [4.78, 5) is 17.3. The third-order valence-corrected chi connectivity index (χ3v) is 4.10. The third kappa shape index (κ3) is 4.71. The fraction of sp³-hybridized carbons (Fsp3) is 0.318. The Morgan fingerprint density at radius 3 is 2.20 bits per heavy atom. The van der Waals surface area contributed by atoms with Crippen molar-refractivity contribution in [3.8, 4) is 28.7 Å². The van der Waals surface area contributed by atoms with Crippen LogP contribution in [0.5, 0.6) is 17.2 Å². The Labute approximate surface area is 175 Å². The van der Waals surface area contributed by atoms with Crippen LogP contribution in [0.25, 0.3) is 11.5 Å². The van der Waals surface area contributed by atoms with Gasteiger partial charge < -0.3 is 24.1 Å². The van der Waals surface area contributed by atoms with Crippen molar-refractivity contribution in [2.45, 2.75) is 27.7 Å². The van der Waals surface area contributed by atoms with Crippen LogP contribution in [0.2, 0.25) is 0 Å². The predicted octanol–water partition coefficient (Wildman–Crippen LogP) is 4.49. The first-order valence-corrected chi connectivity index (χ1v) is 9.84. The maximum atomic E-state index is 13.1. The van der Waals surface area contributed by atoms with Crippen LogP contribution < -0.4 is 19.5 Å². The number of nitrogens with one attached hydrogen (secondary N) is 1. The molecular weight excluding hydrogens is 386 g/mol. The van der Waals surface area contributed by atoms with E-state index in [9.17, 15) is 4.79 Å². The normalized spacial score (nSPS) is 10.5. The van der Waals surface area contributed by atoms with Crippen LogP contribution in [0.3, 0.4) is 0 Å². The van der Waals surface area contributed by atoms with Crippen molar-refractivity contribution in [1.82, 2.24) is 10.1 Å². The molecule has 158 valence electrons. The number of carbonyl (C=O) groups excluding carboxylic acids is 1. The molecule has 0 bridgehead atoms.